The van der Waals surface area contributed by atoms with Crippen molar-refractivity contribution in [1.82, 2.24) is 15.1 Å². The molecule has 1 aromatic heterocycles. The van der Waals surface area contributed by atoms with Crippen molar-refractivity contribution in [2.24, 2.45) is 0 Å². The van der Waals surface area contributed by atoms with Gasteiger partial charge in [0.25, 0.3) is 5.91 Å². The minimum Gasteiger partial charge on any atom is -0.352 e. The van der Waals surface area contributed by atoms with Crippen molar-refractivity contribution in [3.63, 3.8) is 0 Å². The molecule has 0 saturated heterocycles. The van der Waals surface area contributed by atoms with Gasteiger partial charge in [0.05, 0.1) is 11.9 Å². The average molecular weight is 376 g/mol. The Balaban J connectivity index is 1.54. The van der Waals surface area contributed by atoms with E-state index in [9.17, 15) is 9.59 Å². The maximum absolute atomic E-state index is 12.3. The summed E-state index contributed by atoms with van der Waals surface area (Å²) in [4.78, 5) is 24.3. The first-order chi connectivity index (χ1) is 13.7. The molecule has 0 aliphatic carbocycles. The summed E-state index contributed by atoms with van der Waals surface area (Å²) in [6.45, 7) is 2.63. The molecule has 0 atom stereocenters. The van der Waals surface area contributed by atoms with Crippen LogP contribution in [0.5, 0.6) is 0 Å². The number of para-hydroxylation sites is 1. The van der Waals surface area contributed by atoms with Crippen LogP contribution in [-0.2, 0) is 11.2 Å². The lowest BCUT2D eigenvalue weighted by Gasteiger charge is -2.08. The highest BCUT2D eigenvalue weighted by Gasteiger charge is 2.09. The summed E-state index contributed by atoms with van der Waals surface area (Å²) in [5, 5.41) is 10.0. The molecule has 3 aromatic rings. The maximum atomic E-state index is 12.3. The lowest BCUT2D eigenvalue weighted by Crippen LogP contribution is -2.24. The molecule has 28 heavy (non-hydrogen) atoms. The van der Waals surface area contributed by atoms with Gasteiger partial charge in [-0.15, -0.1) is 0 Å². The number of anilines is 1. The van der Waals surface area contributed by atoms with Crippen LogP contribution >= 0.6 is 0 Å². The van der Waals surface area contributed by atoms with Crippen LogP contribution in [0.3, 0.4) is 0 Å². The molecule has 2 aromatic carbocycles. The van der Waals surface area contributed by atoms with Gasteiger partial charge in [-0.3, -0.25) is 9.59 Å². The van der Waals surface area contributed by atoms with Gasteiger partial charge in [-0.25, -0.2) is 4.68 Å². The fraction of sp³-hybridized carbons (Fsp3) is 0.227. The Morgan fingerprint density at radius 1 is 1.07 bits per heavy atom. The van der Waals surface area contributed by atoms with Crippen LogP contribution < -0.4 is 10.6 Å². The first-order valence-electron chi connectivity index (χ1n) is 9.43. The fourth-order valence-electron chi connectivity index (χ4n) is 2.77. The quantitative estimate of drug-likeness (QED) is 0.631. The first kappa shape index (κ1) is 19.4. The molecular formula is C22H24N4O2. The number of hydrogen-bond donors (Lipinski definition) is 2. The number of nitrogens with zero attached hydrogens (tertiary/aromatic N) is 2. The lowest BCUT2D eigenvalue weighted by atomic mass is 10.1. The van der Waals surface area contributed by atoms with E-state index in [1.807, 2.05) is 43.5 Å². The maximum Gasteiger partial charge on any atom is 0.251 e. The highest BCUT2D eigenvalue weighted by molar-refractivity contribution is 5.97. The predicted octanol–water partition coefficient (Wildman–Crippen LogP) is 3.58. The summed E-state index contributed by atoms with van der Waals surface area (Å²) in [5.41, 5.74) is 3.13. The minimum atomic E-state index is -0.133. The van der Waals surface area contributed by atoms with Crippen LogP contribution in [0.1, 0.15) is 35.7 Å². The molecule has 0 aliphatic heterocycles. The zero-order valence-electron chi connectivity index (χ0n) is 15.9. The molecule has 0 spiro atoms. The summed E-state index contributed by atoms with van der Waals surface area (Å²) in [6, 6.07) is 16.8. The van der Waals surface area contributed by atoms with Crippen molar-refractivity contribution in [2.45, 2.75) is 26.2 Å². The third-order valence-electron chi connectivity index (χ3n) is 4.24. The van der Waals surface area contributed by atoms with Gasteiger partial charge in [-0.1, -0.05) is 31.2 Å². The smallest absolute Gasteiger partial charge is 0.251 e. The standard InChI is InChI=1S/C22H24N4O2/c1-2-13-23-22(28)18-7-6-8-19(14-18)25-21(27)12-11-17-15-24-26(16-17)20-9-4-3-5-10-20/h3-10,14-16H,2,11-13H2,1H3,(H,23,28)(H,25,27). The van der Waals surface area contributed by atoms with Gasteiger partial charge in [0, 0.05) is 30.4 Å². The molecule has 144 valence electrons. The number of aryl methyl sites for hydroxylation is 1. The highest BCUT2D eigenvalue weighted by Crippen LogP contribution is 2.13. The molecule has 6 nitrogen and oxygen atoms in total. The second-order valence-electron chi connectivity index (χ2n) is 6.51. The molecule has 2 amide bonds. The van der Waals surface area contributed by atoms with Crippen LogP contribution in [0.25, 0.3) is 5.69 Å². The number of carbonyl (C=O) groups is 2. The zero-order valence-corrected chi connectivity index (χ0v) is 15.9. The number of amides is 2. The van der Waals surface area contributed by atoms with Crippen LogP contribution in [0, 0.1) is 0 Å². The summed E-state index contributed by atoms with van der Waals surface area (Å²) >= 11 is 0. The van der Waals surface area contributed by atoms with E-state index in [0.717, 1.165) is 17.7 Å². The first-order valence-corrected chi connectivity index (χ1v) is 9.43. The number of carbonyl (C=O) groups excluding carboxylic acids is 2. The summed E-state index contributed by atoms with van der Waals surface area (Å²) in [7, 11) is 0. The third kappa shape index (κ3) is 5.30. The normalized spacial score (nSPS) is 10.5. The number of rotatable bonds is 8. The van der Waals surface area contributed by atoms with E-state index in [1.165, 1.54) is 0 Å². The van der Waals surface area contributed by atoms with E-state index in [-0.39, 0.29) is 11.8 Å². The van der Waals surface area contributed by atoms with Crippen molar-refractivity contribution in [3.05, 3.63) is 78.1 Å². The molecule has 0 bridgehead atoms. The van der Waals surface area contributed by atoms with Crippen molar-refractivity contribution in [1.29, 1.82) is 0 Å². The Hall–Kier alpha value is -3.41. The van der Waals surface area contributed by atoms with Gasteiger partial charge in [-0.2, -0.15) is 5.10 Å². The summed E-state index contributed by atoms with van der Waals surface area (Å²) in [5.74, 6) is -0.232. The van der Waals surface area contributed by atoms with Gasteiger partial charge in [0.15, 0.2) is 0 Å². The molecule has 0 aliphatic rings. The van der Waals surface area contributed by atoms with Crippen LogP contribution in [0.15, 0.2) is 67.0 Å². The molecule has 0 fully saturated rings. The van der Waals surface area contributed by atoms with E-state index < -0.39 is 0 Å². The second kappa shape index (κ2) is 9.50. The Bertz CT molecular complexity index is 934. The lowest BCUT2D eigenvalue weighted by molar-refractivity contribution is -0.116. The number of hydrogen-bond acceptors (Lipinski definition) is 3. The molecule has 3 rings (SSSR count). The van der Waals surface area contributed by atoms with Crippen LogP contribution in [0.4, 0.5) is 5.69 Å². The van der Waals surface area contributed by atoms with Gasteiger partial charge >= 0.3 is 0 Å². The molecular weight excluding hydrogens is 352 g/mol. The summed E-state index contributed by atoms with van der Waals surface area (Å²) in [6.07, 6.45) is 5.52. The molecule has 0 unspecified atom stereocenters. The van der Waals surface area contributed by atoms with E-state index in [4.69, 9.17) is 0 Å². The highest BCUT2D eigenvalue weighted by atomic mass is 16.2. The van der Waals surface area contributed by atoms with E-state index in [1.54, 1.807) is 35.1 Å². The van der Waals surface area contributed by atoms with Crippen molar-refractivity contribution >= 4 is 17.5 Å². The van der Waals surface area contributed by atoms with Gasteiger partial charge in [0.2, 0.25) is 5.91 Å². The van der Waals surface area contributed by atoms with E-state index in [2.05, 4.69) is 15.7 Å². The van der Waals surface area contributed by atoms with E-state index in [0.29, 0.717) is 30.6 Å². The monoisotopic (exact) mass is 376 g/mol. The molecule has 2 N–H and O–H groups in total. The molecule has 6 heteroatoms. The second-order valence-corrected chi connectivity index (χ2v) is 6.51. The van der Waals surface area contributed by atoms with Crippen LogP contribution in [0.2, 0.25) is 0 Å². The topological polar surface area (TPSA) is 76.0 Å². The Kier molecular flexibility index (Phi) is 6.57. The predicted molar refractivity (Wildman–Crippen MR) is 110 cm³/mol. The Morgan fingerprint density at radius 2 is 1.89 bits per heavy atom. The molecule has 1 heterocycles. The molecule has 0 radical (unpaired) electrons. The van der Waals surface area contributed by atoms with Crippen molar-refractivity contribution in [3.8, 4) is 5.69 Å². The van der Waals surface area contributed by atoms with Crippen LogP contribution in [-0.4, -0.2) is 28.1 Å². The Labute approximate surface area is 164 Å². The van der Waals surface area contributed by atoms with Crippen molar-refractivity contribution < 1.29 is 9.59 Å². The summed E-state index contributed by atoms with van der Waals surface area (Å²) < 4.78 is 1.80. The number of benzene rings is 2. The molecule has 0 saturated carbocycles. The van der Waals surface area contributed by atoms with Gasteiger partial charge in [0.1, 0.15) is 0 Å². The minimum absolute atomic E-state index is 0.0985. The largest absolute Gasteiger partial charge is 0.352 e. The van der Waals surface area contributed by atoms with Gasteiger partial charge < -0.3 is 10.6 Å². The zero-order chi connectivity index (χ0) is 19.8. The Morgan fingerprint density at radius 3 is 2.68 bits per heavy atom. The fourth-order valence-corrected chi connectivity index (χ4v) is 2.77. The number of nitrogens with one attached hydrogen (secondary N) is 2. The van der Waals surface area contributed by atoms with Crippen molar-refractivity contribution in [2.75, 3.05) is 11.9 Å². The van der Waals surface area contributed by atoms with E-state index >= 15 is 0 Å². The SMILES string of the molecule is CCCNC(=O)c1cccc(NC(=O)CCc2cnn(-c3ccccc3)c2)c1. The number of aromatic nitrogens is 2. The average Bonchev–Trinajstić information content (AvgIpc) is 3.20. The van der Waals surface area contributed by atoms with Gasteiger partial charge in [-0.05, 0) is 48.7 Å². The third-order valence-corrected chi connectivity index (χ3v) is 4.24.